The lowest BCUT2D eigenvalue weighted by molar-refractivity contribution is 0.0696. The monoisotopic (exact) mass is 263 g/mol. The van der Waals surface area contributed by atoms with Gasteiger partial charge in [-0.05, 0) is 32.6 Å². The third-order valence-electron chi connectivity index (χ3n) is 4.13. The van der Waals surface area contributed by atoms with Crippen LogP contribution < -0.4 is 10.9 Å². The van der Waals surface area contributed by atoms with E-state index in [9.17, 15) is 4.79 Å². The third-order valence-corrected chi connectivity index (χ3v) is 4.13. The zero-order valence-electron chi connectivity index (χ0n) is 11.3. The standard InChI is InChI=1S/C14H21N3O2/c1-9-15-13(8-14(18)16-9)10-6-12(7-10)17-11-2-4-19-5-3-11/h8,10-12,17H,2-7H2,1H3,(H,15,16,18). The van der Waals surface area contributed by atoms with Crippen molar-refractivity contribution in [2.24, 2.45) is 0 Å². The molecule has 0 unspecified atom stereocenters. The quantitative estimate of drug-likeness (QED) is 0.857. The second-order valence-corrected chi connectivity index (χ2v) is 5.67. The molecule has 0 aromatic carbocycles. The minimum Gasteiger partial charge on any atom is -0.381 e. The molecule has 104 valence electrons. The average molecular weight is 263 g/mol. The molecule has 2 fully saturated rings. The van der Waals surface area contributed by atoms with E-state index in [4.69, 9.17) is 4.74 Å². The molecule has 1 saturated heterocycles. The number of ether oxygens (including phenoxy) is 1. The number of hydrogen-bond donors (Lipinski definition) is 2. The first kappa shape index (κ1) is 12.8. The molecule has 19 heavy (non-hydrogen) atoms. The highest BCUT2D eigenvalue weighted by Crippen LogP contribution is 2.36. The van der Waals surface area contributed by atoms with Crippen LogP contribution >= 0.6 is 0 Å². The van der Waals surface area contributed by atoms with Crippen molar-refractivity contribution < 1.29 is 4.74 Å². The van der Waals surface area contributed by atoms with Crippen molar-refractivity contribution in [2.75, 3.05) is 13.2 Å². The predicted molar refractivity (Wildman–Crippen MR) is 72.3 cm³/mol. The van der Waals surface area contributed by atoms with Crippen molar-refractivity contribution in [3.8, 4) is 0 Å². The first-order valence-corrected chi connectivity index (χ1v) is 7.12. The van der Waals surface area contributed by atoms with Crippen LogP contribution in [-0.4, -0.2) is 35.3 Å². The topological polar surface area (TPSA) is 67.0 Å². The number of rotatable bonds is 3. The molecule has 1 aromatic heterocycles. The largest absolute Gasteiger partial charge is 0.381 e. The Labute approximate surface area is 112 Å². The Morgan fingerprint density at radius 2 is 2.05 bits per heavy atom. The van der Waals surface area contributed by atoms with Crippen LogP contribution in [0.15, 0.2) is 10.9 Å². The molecule has 2 N–H and O–H groups in total. The lowest BCUT2D eigenvalue weighted by Gasteiger charge is -2.39. The van der Waals surface area contributed by atoms with Crippen LogP contribution in [0.5, 0.6) is 0 Å². The first-order chi connectivity index (χ1) is 9.20. The SMILES string of the molecule is Cc1nc(C2CC(NC3CCOCC3)C2)cc(=O)[nH]1. The zero-order chi connectivity index (χ0) is 13.2. The lowest BCUT2D eigenvalue weighted by atomic mass is 9.77. The molecule has 1 aromatic rings. The van der Waals surface area contributed by atoms with E-state index < -0.39 is 0 Å². The van der Waals surface area contributed by atoms with Crippen molar-refractivity contribution in [3.05, 3.63) is 27.9 Å². The fourth-order valence-electron chi connectivity index (χ4n) is 3.00. The van der Waals surface area contributed by atoms with Crippen LogP contribution in [0.2, 0.25) is 0 Å². The number of nitrogens with one attached hydrogen (secondary N) is 2. The Kier molecular flexibility index (Phi) is 3.66. The summed E-state index contributed by atoms with van der Waals surface area (Å²) < 4.78 is 5.36. The van der Waals surface area contributed by atoms with E-state index in [1.807, 2.05) is 6.92 Å². The molecule has 0 spiro atoms. The minimum atomic E-state index is -0.0386. The van der Waals surface area contributed by atoms with Crippen LogP contribution in [0.25, 0.3) is 0 Å². The Hall–Kier alpha value is -1.20. The summed E-state index contributed by atoms with van der Waals surface area (Å²) in [5, 5.41) is 3.69. The molecule has 0 radical (unpaired) electrons. The summed E-state index contributed by atoms with van der Waals surface area (Å²) in [6.07, 6.45) is 4.41. The third kappa shape index (κ3) is 3.04. The Morgan fingerprint density at radius 1 is 1.32 bits per heavy atom. The molecule has 1 aliphatic carbocycles. The zero-order valence-corrected chi connectivity index (χ0v) is 11.3. The van der Waals surface area contributed by atoms with Crippen molar-refractivity contribution >= 4 is 0 Å². The molecule has 1 aliphatic heterocycles. The highest BCUT2D eigenvalue weighted by molar-refractivity contribution is 5.14. The summed E-state index contributed by atoms with van der Waals surface area (Å²) in [4.78, 5) is 18.6. The molecule has 5 nitrogen and oxygen atoms in total. The van der Waals surface area contributed by atoms with Gasteiger partial charge in [-0.3, -0.25) is 4.79 Å². The van der Waals surface area contributed by atoms with Gasteiger partial charge in [0.2, 0.25) is 0 Å². The van der Waals surface area contributed by atoms with Gasteiger partial charge in [-0.2, -0.15) is 0 Å². The lowest BCUT2D eigenvalue weighted by Crippen LogP contribution is -2.47. The van der Waals surface area contributed by atoms with E-state index >= 15 is 0 Å². The minimum absolute atomic E-state index is 0.0386. The smallest absolute Gasteiger partial charge is 0.251 e. The van der Waals surface area contributed by atoms with Gasteiger partial charge >= 0.3 is 0 Å². The summed E-state index contributed by atoms with van der Waals surface area (Å²) in [6.45, 7) is 3.59. The van der Waals surface area contributed by atoms with Crippen molar-refractivity contribution in [1.82, 2.24) is 15.3 Å². The fraction of sp³-hybridized carbons (Fsp3) is 0.714. The Morgan fingerprint density at radius 3 is 2.74 bits per heavy atom. The van der Waals surface area contributed by atoms with Crippen LogP contribution in [0, 0.1) is 6.92 Å². The number of aromatic nitrogens is 2. The maximum absolute atomic E-state index is 11.4. The summed E-state index contributed by atoms with van der Waals surface area (Å²) in [5.74, 6) is 1.15. The molecule has 0 amide bonds. The van der Waals surface area contributed by atoms with Gasteiger partial charge in [0.25, 0.3) is 5.56 Å². The van der Waals surface area contributed by atoms with Gasteiger partial charge in [-0.25, -0.2) is 4.98 Å². The van der Waals surface area contributed by atoms with Crippen LogP contribution in [0.3, 0.4) is 0 Å². The van der Waals surface area contributed by atoms with Crippen molar-refractivity contribution in [2.45, 2.75) is 50.6 Å². The number of hydrogen-bond acceptors (Lipinski definition) is 4. The van der Waals surface area contributed by atoms with E-state index in [-0.39, 0.29) is 5.56 Å². The van der Waals surface area contributed by atoms with Crippen LogP contribution in [0.1, 0.15) is 43.1 Å². The predicted octanol–water partition coefficient (Wildman–Crippen LogP) is 1.09. The number of aromatic amines is 1. The summed E-state index contributed by atoms with van der Waals surface area (Å²) in [7, 11) is 0. The van der Waals surface area contributed by atoms with Gasteiger partial charge in [0.1, 0.15) is 5.82 Å². The van der Waals surface area contributed by atoms with Gasteiger partial charge in [0, 0.05) is 37.3 Å². The second kappa shape index (κ2) is 5.43. The Bertz CT molecular complexity index is 488. The van der Waals surface area contributed by atoms with Crippen LogP contribution in [-0.2, 0) is 4.74 Å². The molecule has 2 heterocycles. The maximum Gasteiger partial charge on any atom is 0.251 e. The molecular formula is C14H21N3O2. The summed E-state index contributed by atoms with van der Waals surface area (Å²) >= 11 is 0. The highest BCUT2D eigenvalue weighted by Gasteiger charge is 2.33. The van der Waals surface area contributed by atoms with Gasteiger partial charge in [0.15, 0.2) is 0 Å². The van der Waals surface area contributed by atoms with Gasteiger partial charge in [-0.1, -0.05) is 0 Å². The molecule has 5 heteroatoms. The number of H-pyrrole nitrogens is 1. The van der Waals surface area contributed by atoms with Gasteiger partial charge < -0.3 is 15.0 Å². The second-order valence-electron chi connectivity index (χ2n) is 5.67. The van der Waals surface area contributed by atoms with E-state index in [1.165, 1.54) is 0 Å². The fourth-order valence-corrected chi connectivity index (χ4v) is 3.00. The number of nitrogens with zero attached hydrogens (tertiary/aromatic N) is 1. The first-order valence-electron chi connectivity index (χ1n) is 7.12. The van der Waals surface area contributed by atoms with Crippen molar-refractivity contribution in [3.63, 3.8) is 0 Å². The van der Waals surface area contributed by atoms with E-state index in [0.717, 1.165) is 44.6 Å². The molecular weight excluding hydrogens is 242 g/mol. The van der Waals surface area contributed by atoms with E-state index in [2.05, 4.69) is 15.3 Å². The highest BCUT2D eigenvalue weighted by atomic mass is 16.5. The van der Waals surface area contributed by atoms with Gasteiger partial charge in [-0.15, -0.1) is 0 Å². The molecule has 0 atom stereocenters. The number of aryl methyl sites for hydroxylation is 1. The molecule has 0 bridgehead atoms. The van der Waals surface area contributed by atoms with E-state index in [0.29, 0.717) is 23.8 Å². The maximum atomic E-state index is 11.4. The summed E-state index contributed by atoms with van der Waals surface area (Å²) in [6, 6.07) is 2.82. The van der Waals surface area contributed by atoms with Crippen LogP contribution in [0.4, 0.5) is 0 Å². The summed E-state index contributed by atoms with van der Waals surface area (Å²) in [5.41, 5.74) is 0.912. The molecule has 2 aliphatic rings. The average Bonchev–Trinajstić information content (AvgIpc) is 2.33. The normalized spacial score (nSPS) is 28.1. The Balaban J connectivity index is 1.53. The van der Waals surface area contributed by atoms with E-state index in [1.54, 1.807) is 6.07 Å². The molecule has 3 rings (SSSR count). The molecule has 1 saturated carbocycles. The van der Waals surface area contributed by atoms with Crippen molar-refractivity contribution in [1.29, 1.82) is 0 Å². The van der Waals surface area contributed by atoms with Gasteiger partial charge in [0.05, 0.1) is 5.69 Å².